The van der Waals surface area contributed by atoms with E-state index in [4.69, 9.17) is 0 Å². The van der Waals surface area contributed by atoms with Crippen LogP contribution in [0.2, 0.25) is 0 Å². The molecule has 1 fully saturated rings. The molecule has 4 aromatic rings. The third kappa shape index (κ3) is 6.86. The number of thiazole rings is 1. The second-order valence-electron chi connectivity index (χ2n) is 8.66. The molecule has 13 nitrogen and oxygen atoms in total. The van der Waals surface area contributed by atoms with Crippen LogP contribution in [0.5, 0.6) is 0 Å². The lowest BCUT2D eigenvalue weighted by Crippen LogP contribution is -2.50. The number of amides is 3. The zero-order chi connectivity index (χ0) is 28.0. The van der Waals surface area contributed by atoms with Crippen molar-refractivity contribution in [2.75, 3.05) is 46.4 Å². The molecule has 1 aromatic carbocycles. The molecule has 15 heteroatoms. The fourth-order valence-electron chi connectivity index (χ4n) is 3.91. The van der Waals surface area contributed by atoms with E-state index >= 15 is 0 Å². The van der Waals surface area contributed by atoms with E-state index in [1.165, 1.54) is 48.0 Å². The molecule has 1 aliphatic rings. The molecule has 0 aliphatic carbocycles. The fourth-order valence-corrected chi connectivity index (χ4v) is 5.57. The quantitative estimate of drug-likeness (QED) is 0.285. The topological polar surface area (TPSA) is 162 Å². The van der Waals surface area contributed by atoms with Gasteiger partial charge in [-0.1, -0.05) is 6.07 Å². The van der Waals surface area contributed by atoms with E-state index in [0.717, 1.165) is 5.82 Å². The van der Waals surface area contributed by atoms with Crippen LogP contribution in [0, 0.1) is 0 Å². The Morgan fingerprint density at radius 1 is 0.875 bits per heavy atom. The number of hydrogen-bond acceptors (Lipinski definition) is 10. The highest BCUT2D eigenvalue weighted by molar-refractivity contribution is 7.92. The minimum absolute atomic E-state index is 0.00372. The Balaban J connectivity index is 1.09. The van der Waals surface area contributed by atoms with Gasteiger partial charge in [0.15, 0.2) is 5.13 Å². The zero-order valence-electron chi connectivity index (χ0n) is 21.1. The molecule has 206 valence electrons. The molecule has 4 heterocycles. The van der Waals surface area contributed by atoms with Crippen LogP contribution in [-0.4, -0.2) is 71.4 Å². The van der Waals surface area contributed by atoms with Crippen molar-refractivity contribution in [3.05, 3.63) is 78.2 Å². The molecule has 0 saturated carbocycles. The van der Waals surface area contributed by atoms with E-state index < -0.39 is 10.0 Å². The predicted octanol–water partition coefficient (Wildman–Crippen LogP) is 2.66. The smallest absolute Gasteiger partial charge is 0.323 e. The van der Waals surface area contributed by atoms with Crippen molar-refractivity contribution in [3.8, 4) is 0 Å². The first-order valence-corrected chi connectivity index (χ1v) is 14.6. The van der Waals surface area contributed by atoms with Gasteiger partial charge in [-0.3, -0.25) is 10.1 Å². The summed E-state index contributed by atoms with van der Waals surface area (Å²) in [5.74, 6) is 0.517. The Morgan fingerprint density at radius 3 is 2.30 bits per heavy atom. The van der Waals surface area contributed by atoms with Gasteiger partial charge < -0.3 is 15.1 Å². The average Bonchev–Trinajstić information content (AvgIpc) is 3.40. The maximum Gasteiger partial charge on any atom is 0.323 e. The van der Waals surface area contributed by atoms with Gasteiger partial charge in [0.25, 0.3) is 10.0 Å². The second kappa shape index (κ2) is 12.0. The molecular weight excluding hydrogens is 554 g/mol. The number of carbonyl (C=O) groups excluding carboxylic acids is 2. The molecule has 1 saturated heterocycles. The van der Waals surface area contributed by atoms with E-state index in [-0.39, 0.29) is 29.2 Å². The summed E-state index contributed by atoms with van der Waals surface area (Å²) in [6, 6.07) is 12.8. The number of benzene rings is 1. The number of urea groups is 1. The van der Waals surface area contributed by atoms with Crippen LogP contribution < -0.4 is 20.3 Å². The van der Waals surface area contributed by atoms with Crippen LogP contribution in [-0.2, 0) is 21.2 Å². The number of hydrogen-bond donors (Lipinski definition) is 3. The van der Waals surface area contributed by atoms with Crippen LogP contribution in [0.25, 0.3) is 0 Å². The molecule has 3 aromatic heterocycles. The van der Waals surface area contributed by atoms with Crippen LogP contribution in [0.1, 0.15) is 5.69 Å². The minimum atomic E-state index is -3.88. The summed E-state index contributed by atoms with van der Waals surface area (Å²) >= 11 is 1.24. The highest BCUT2D eigenvalue weighted by Gasteiger charge is 2.23. The summed E-state index contributed by atoms with van der Waals surface area (Å²) in [6.07, 6.45) is 4.59. The molecule has 0 unspecified atom stereocenters. The number of rotatable bonds is 8. The first-order valence-electron chi connectivity index (χ1n) is 12.2. The van der Waals surface area contributed by atoms with Gasteiger partial charge in [0.2, 0.25) is 11.9 Å². The fraction of sp³-hybridized carbons (Fsp3) is 0.200. The third-order valence-corrected chi connectivity index (χ3v) is 8.04. The van der Waals surface area contributed by atoms with Crippen molar-refractivity contribution in [3.63, 3.8) is 0 Å². The van der Waals surface area contributed by atoms with Crippen molar-refractivity contribution in [2.45, 2.75) is 11.3 Å². The maximum absolute atomic E-state index is 12.7. The summed E-state index contributed by atoms with van der Waals surface area (Å²) in [5, 5.41) is 7.64. The normalized spacial score (nSPS) is 13.5. The monoisotopic (exact) mass is 579 g/mol. The molecule has 0 bridgehead atoms. The number of piperazine rings is 1. The van der Waals surface area contributed by atoms with Crippen LogP contribution in [0.15, 0.2) is 77.4 Å². The summed E-state index contributed by atoms with van der Waals surface area (Å²) in [6.45, 7) is 2.47. The first-order chi connectivity index (χ1) is 19.4. The highest BCUT2D eigenvalue weighted by atomic mass is 32.2. The van der Waals surface area contributed by atoms with Crippen molar-refractivity contribution in [1.29, 1.82) is 0 Å². The zero-order valence-corrected chi connectivity index (χ0v) is 22.7. The SMILES string of the molecule is O=C(Cc1csc(NC(=O)N2CCN(c3ccccn3)CC2)n1)Nc1ccc(S(=O)(=O)Nc2ncccn2)cc1. The van der Waals surface area contributed by atoms with Crippen molar-refractivity contribution in [1.82, 2.24) is 24.8 Å². The van der Waals surface area contributed by atoms with E-state index in [0.29, 0.717) is 42.7 Å². The van der Waals surface area contributed by atoms with Gasteiger partial charge in [-0.2, -0.15) is 0 Å². The van der Waals surface area contributed by atoms with Gasteiger partial charge in [0, 0.05) is 55.8 Å². The van der Waals surface area contributed by atoms with Gasteiger partial charge >= 0.3 is 6.03 Å². The Labute approximate surface area is 234 Å². The minimum Gasteiger partial charge on any atom is -0.353 e. The standard InChI is InChI=1S/C25H25N9O4S2/c35-22(29-18-5-7-20(8-6-18)40(37,38)32-23-27-10-3-11-28-23)16-19-17-39-24(30-19)31-25(36)34-14-12-33(13-15-34)21-4-1-2-9-26-21/h1-11,17H,12-16H2,(H,29,35)(H,27,28,32)(H,30,31,36). The molecule has 3 amide bonds. The number of anilines is 4. The van der Waals surface area contributed by atoms with E-state index in [1.807, 2.05) is 18.2 Å². The predicted molar refractivity (Wildman–Crippen MR) is 151 cm³/mol. The highest BCUT2D eigenvalue weighted by Crippen LogP contribution is 2.20. The number of carbonyl (C=O) groups is 2. The largest absolute Gasteiger partial charge is 0.353 e. The van der Waals surface area contributed by atoms with Crippen LogP contribution in [0.4, 0.5) is 27.4 Å². The molecule has 5 rings (SSSR count). The summed E-state index contributed by atoms with van der Waals surface area (Å²) in [4.78, 5) is 45.5. The Hall–Kier alpha value is -4.63. The Bertz CT molecular complexity index is 1560. The average molecular weight is 580 g/mol. The van der Waals surface area contributed by atoms with E-state index in [1.54, 1.807) is 22.5 Å². The van der Waals surface area contributed by atoms with Gasteiger partial charge in [-0.25, -0.2) is 37.9 Å². The van der Waals surface area contributed by atoms with Crippen LogP contribution >= 0.6 is 11.3 Å². The van der Waals surface area contributed by atoms with Crippen molar-refractivity contribution < 1.29 is 18.0 Å². The van der Waals surface area contributed by atoms with Gasteiger partial charge in [0.1, 0.15) is 5.82 Å². The number of nitrogens with zero attached hydrogens (tertiary/aromatic N) is 6. The molecule has 0 radical (unpaired) electrons. The Morgan fingerprint density at radius 2 is 1.60 bits per heavy atom. The number of sulfonamides is 1. The van der Waals surface area contributed by atoms with E-state index in [2.05, 4.69) is 40.2 Å². The van der Waals surface area contributed by atoms with Crippen molar-refractivity contribution >= 4 is 55.9 Å². The second-order valence-corrected chi connectivity index (χ2v) is 11.2. The molecule has 3 N–H and O–H groups in total. The summed E-state index contributed by atoms with van der Waals surface area (Å²) in [7, 11) is -3.88. The maximum atomic E-state index is 12.7. The first kappa shape index (κ1) is 27.0. The molecule has 0 atom stereocenters. The Kier molecular flexibility index (Phi) is 8.12. The molecule has 0 spiro atoms. The van der Waals surface area contributed by atoms with Crippen molar-refractivity contribution in [2.24, 2.45) is 0 Å². The number of nitrogens with one attached hydrogen (secondary N) is 3. The summed E-state index contributed by atoms with van der Waals surface area (Å²) < 4.78 is 27.3. The lowest BCUT2D eigenvalue weighted by molar-refractivity contribution is -0.115. The molecule has 1 aliphatic heterocycles. The van der Waals surface area contributed by atoms with E-state index in [9.17, 15) is 18.0 Å². The van der Waals surface area contributed by atoms with Gasteiger partial charge in [-0.15, -0.1) is 11.3 Å². The number of pyridine rings is 1. The molecule has 40 heavy (non-hydrogen) atoms. The van der Waals surface area contributed by atoms with Crippen LogP contribution in [0.3, 0.4) is 0 Å². The third-order valence-electron chi connectivity index (χ3n) is 5.89. The molecular formula is C25H25N9O4S2. The number of aromatic nitrogens is 4. The van der Waals surface area contributed by atoms with Gasteiger partial charge in [-0.05, 0) is 42.5 Å². The van der Waals surface area contributed by atoms with Gasteiger partial charge in [0.05, 0.1) is 17.0 Å². The lowest BCUT2D eigenvalue weighted by atomic mass is 10.3. The summed E-state index contributed by atoms with van der Waals surface area (Å²) in [5.41, 5.74) is 0.928. The lowest BCUT2D eigenvalue weighted by Gasteiger charge is -2.35.